The molecule has 3 amide bonds. The van der Waals surface area contributed by atoms with E-state index >= 15 is 0 Å². The van der Waals surface area contributed by atoms with Crippen LogP contribution < -0.4 is 15.7 Å². The highest BCUT2D eigenvalue weighted by atomic mass is 32.2. The maximum atomic E-state index is 15.0. The molecule has 10 nitrogen and oxygen atoms in total. The molecule has 3 N–H and O–H groups in total. The number of cyclic esters (lactones) is 1. The average molecular weight is 522 g/mol. The summed E-state index contributed by atoms with van der Waals surface area (Å²) in [7, 11) is -3.81. The van der Waals surface area contributed by atoms with E-state index in [0.29, 0.717) is 16.8 Å². The van der Waals surface area contributed by atoms with E-state index < -0.39 is 38.5 Å². The molecule has 36 heavy (non-hydrogen) atoms. The number of aryl methyl sites for hydroxylation is 1. The Hall–Kier alpha value is -3.51. The third-order valence-electron chi connectivity index (χ3n) is 6.27. The van der Waals surface area contributed by atoms with Crippen LogP contribution in [0, 0.1) is 5.82 Å². The van der Waals surface area contributed by atoms with Crippen LogP contribution >= 0.6 is 0 Å². The van der Waals surface area contributed by atoms with Gasteiger partial charge in [-0.15, -0.1) is 0 Å². The number of carbonyl (C=O) groups excluding carboxylic acids is 3. The number of benzene rings is 2. The van der Waals surface area contributed by atoms with Crippen LogP contribution in [0.15, 0.2) is 42.5 Å². The second-order valence-corrected chi connectivity index (χ2v) is 11.3. The molecular formula is C24H28FN3O7S. The van der Waals surface area contributed by atoms with Gasteiger partial charge in [-0.1, -0.05) is 24.3 Å². The Morgan fingerprint density at radius 3 is 2.44 bits per heavy atom. The molecule has 0 spiro atoms. The van der Waals surface area contributed by atoms with Crippen LogP contribution in [0.3, 0.4) is 0 Å². The van der Waals surface area contributed by atoms with Crippen LogP contribution in [-0.2, 0) is 30.6 Å². The predicted octanol–water partition coefficient (Wildman–Crippen LogP) is 2.20. The highest BCUT2D eigenvalue weighted by Gasteiger charge is 2.43. The molecule has 1 aliphatic rings. The van der Waals surface area contributed by atoms with Gasteiger partial charge in [0.05, 0.1) is 18.8 Å². The van der Waals surface area contributed by atoms with Crippen molar-refractivity contribution in [2.24, 2.45) is 0 Å². The molecule has 0 radical (unpaired) electrons. The topological polar surface area (TPSA) is 142 Å². The smallest absolute Gasteiger partial charge is 0.414 e. The molecule has 1 aliphatic heterocycles. The van der Waals surface area contributed by atoms with Crippen molar-refractivity contribution >= 4 is 33.4 Å². The van der Waals surface area contributed by atoms with Gasteiger partial charge in [-0.25, -0.2) is 23.1 Å². The summed E-state index contributed by atoms with van der Waals surface area (Å²) in [6.45, 7) is 2.95. The zero-order chi connectivity index (χ0) is 26.7. The van der Waals surface area contributed by atoms with Crippen LogP contribution in [0.1, 0.15) is 25.8 Å². The number of halogens is 1. The van der Waals surface area contributed by atoms with Crippen LogP contribution in [-0.4, -0.2) is 61.7 Å². The number of nitrogens with zero attached hydrogens (tertiary/aromatic N) is 1. The third-order valence-corrected chi connectivity index (χ3v) is 8.30. The van der Waals surface area contributed by atoms with Gasteiger partial charge in [0.2, 0.25) is 5.91 Å². The van der Waals surface area contributed by atoms with Crippen molar-refractivity contribution in [2.45, 2.75) is 37.5 Å². The lowest BCUT2D eigenvalue weighted by atomic mass is 9.97. The van der Waals surface area contributed by atoms with Crippen molar-refractivity contribution in [2.75, 3.05) is 24.2 Å². The van der Waals surface area contributed by atoms with E-state index in [2.05, 4.69) is 5.32 Å². The fourth-order valence-corrected chi connectivity index (χ4v) is 4.68. The van der Waals surface area contributed by atoms with E-state index in [1.165, 1.54) is 30.3 Å². The van der Waals surface area contributed by atoms with Crippen molar-refractivity contribution in [3.05, 3.63) is 53.8 Å². The van der Waals surface area contributed by atoms with Crippen molar-refractivity contribution < 1.29 is 37.1 Å². The van der Waals surface area contributed by atoms with E-state index in [0.717, 1.165) is 11.8 Å². The number of amides is 3. The molecule has 0 aromatic heterocycles. The molecule has 2 aromatic carbocycles. The van der Waals surface area contributed by atoms with Crippen LogP contribution in [0.5, 0.6) is 0 Å². The summed E-state index contributed by atoms with van der Waals surface area (Å²) in [4.78, 5) is 36.5. The molecule has 0 bridgehead atoms. The number of rotatable bonds is 9. The molecular weight excluding hydrogens is 493 g/mol. The van der Waals surface area contributed by atoms with Gasteiger partial charge in [-0.3, -0.25) is 19.7 Å². The first-order valence-electron chi connectivity index (χ1n) is 11.1. The zero-order valence-corrected chi connectivity index (χ0v) is 20.9. The van der Waals surface area contributed by atoms with Crippen LogP contribution in [0.4, 0.5) is 14.9 Å². The number of nitrogens with one attached hydrogen (secondary N) is 2. The molecule has 1 heterocycles. The third kappa shape index (κ3) is 5.82. The lowest BCUT2D eigenvalue weighted by Gasteiger charge is -2.25. The Morgan fingerprint density at radius 2 is 1.89 bits per heavy atom. The van der Waals surface area contributed by atoms with Gasteiger partial charge in [0, 0.05) is 18.7 Å². The normalized spacial score (nSPS) is 17.3. The summed E-state index contributed by atoms with van der Waals surface area (Å²) in [6, 6.07) is 11.1. The first kappa shape index (κ1) is 27.1. The molecule has 12 heteroatoms. The minimum Gasteiger partial charge on any atom is -0.442 e. The minimum absolute atomic E-state index is 0.0600. The second-order valence-electron chi connectivity index (χ2n) is 8.86. The molecule has 1 saturated heterocycles. The summed E-state index contributed by atoms with van der Waals surface area (Å²) in [6.07, 6.45) is -0.0595. The average Bonchev–Trinajstić information content (AvgIpc) is 3.20. The van der Waals surface area contributed by atoms with E-state index in [4.69, 9.17) is 9.94 Å². The van der Waals surface area contributed by atoms with Crippen LogP contribution in [0.25, 0.3) is 11.1 Å². The summed E-state index contributed by atoms with van der Waals surface area (Å²) in [5.74, 6) is -1.80. The Morgan fingerprint density at radius 1 is 1.22 bits per heavy atom. The van der Waals surface area contributed by atoms with Gasteiger partial charge in [-0.2, -0.15) is 0 Å². The Balaban J connectivity index is 1.71. The number of hydroxylamine groups is 1. The maximum absolute atomic E-state index is 15.0. The standard InChI is InChI=1S/C24H28FN3O7S/c1-15(29)26-13-19-14-28(23(31)35-19)18-8-9-20(21(25)12-18)17-6-4-16(5-7-17)10-11-24(2,22(30)27-32)36(3,33)34/h4-9,12,19,32H,10-11,13-14H2,1-3H3,(H,26,29)(H,27,30)/t19-,24-/m1/s1. The Kier molecular flexibility index (Phi) is 7.99. The fourth-order valence-electron chi connectivity index (χ4n) is 3.82. The summed E-state index contributed by atoms with van der Waals surface area (Å²) < 4.78 is 42.6. The molecule has 1 fully saturated rings. The van der Waals surface area contributed by atoms with Gasteiger partial charge >= 0.3 is 6.09 Å². The quantitative estimate of drug-likeness (QED) is 0.339. The molecule has 0 aliphatic carbocycles. The van der Waals surface area contributed by atoms with Gasteiger partial charge in [0.25, 0.3) is 5.91 Å². The Labute approximate surface area is 208 Å². The summed E-state index contributed by atoms with van der Waals surface area (Å²) in [5, 5.41) is 11.5. The summed E-state index contributed by atoms with van der Waals surface area (Å²) >= 11 is 0. The number of ether oxygens (including phenoxy) is 1. The Bertz CT molecular complexity index is 1270. The first-order valence-corrected chi connectivity index (χ1v) is 13.0. The van der Waals surface area contributed by atoms with Crippen molar-refractivity contribution in [1.29, 1.82) is 0 Å². The van der Waals surface area contributed by atoms with E-state index in [1.54, 1.807) is 36.4 Å². The molecule has 2 atom stereocenters. The zero-order valence-electron chi connectivity index (χ0n) is 20.1. The number of anilines is 1. The second kappa shape index (κ2) is 10.6. The summed E-state index contributed by atoms with van der Waals surface area (Å²) in [5.41, 5.74) is 3.33. The van der Waals surface area contributed by atoms with Crippen molar-refractivity contribution in [3.8, 4) is 11.1 Å². The number of carbonyl (C=O) groups is 3. The van der Waals surface area contributed by atoms with Crippen LogP contribution in [0.2, 0.25) is 0 Å². The fraction of sp³-hybridized carbons (Fsp3) is 0.375. The maximum Gasteiger partial charge on any atom is 0.414 e. The van der Waals surface area contributed by atoms with Gasteiger partial charge in [0.1, 0.15) is 16.7 Å². The van der Waals surface area contributed by atoms with Gasteiger partial charge < -0.3 is 10.1 Å². The monoisotopic (exact) mass is 521 g/mol. The lowest BCUT2D eigenvalue weighted by Crippen LogP contribution is -2.49. The van der Waals surface area contributed by atoms with E-state index in [9.17, 15) is 27.2 Å². The largest absolute Gasteiger partial charge is 0.442 e. The number of sulfone groups is 1. The van der Waals surface area contributed by atoms with Crippen molar-refractivity contribution in [3.63, 3.8) is 0 Å². The van der Waals surface area contributed by atoms with E-state index in [1.807, 2.05) is 0 Å². The predicted molar refractivity (Wildman–Crippen MR) is 130 cm³/mol. The van der Waals surface area contributed by atoms with Crippen molar-refractivity contribution in [1.82, 2.24) is 10.8 Å². The first-order chi connectivity index (χ1) is 16.9. The van der Waals surface area contributed by atoms with E-state index in [-0.39, 0.29) is 31.8 Å². The highest BCUT2D eigenvalue weighted by molar-refractivity contribution is 7.92. The molecule has 0 unspecified atom stereocenters. The molecule has 194 valence electrons. The molecule has 2 aromatic rings. The van der Waals surface area contributed by atoms with Gasteiger partial charge in [-0.05, 0) is 49.1 Å². The molecule has 3 rings (SSSR count). The highest BCUT2D eigenvalue weighted by Crippen LogP contribution is 2.30. The van der Waals surface area contributed by atoms with Gasteiger partial charge in [0.15, 0.2) is 9.84 Å². The number of hydrogen-bond acceptors (Lipinski definition) is 7. The lowest BCUT2D eigenvalue weighted by molar-refractivity contribution is -0.131. The SMILES string of the molecule is CC(=O)NC[C@@H]1CN(c2ccc(-c3ccc(CC[C@](C)(C(=O)NO)S(C)(=O)=O)cc3)c(F)c2)C(=O)O1. The minimum atomic E-state index is -3.81. The molecule has 0 saturated carbocycles. The number of hydrogen-bond donors (Lipinski definition) is 3.